The molecule has 2 aromatic heterocycles. The maximum absolute atomic E-state index is 14.2. The highest BCUT2D eigenvalue weighted by molar-refractivity contribution is 7.90. The van der Waals surface area contributed by atoms with Crippen molar-refractivity contribution in [3.63, 3.8) is 0 Å². The van der Waals surface area contributed by atoms with E-state index in [2.05, 4.69) is 72.8 Å². The molecule has 1 amide bonds. The summed E-state index contributed by atoms with van der Waals surface area (Å²) < 4.78 is 50.4. The van der Waals surface area contributed by atoms with Crippen molar-refractivity contribution in [2.24, 2.45) is 11.3 Å². The molecule has 4 N–H and O–H groups in total. The number of piperidine rings is 1. The molecule has 1 unspecified atom stereocenters. The van der Waals surface area contributed by atoms with Crippen molar-refractivity contribution in [2.75, 3.05) is 49.5 Å². The molecule has 10 rings (SSSR count). The number of nitrogens with one attached hydrogen (secondary N) is 3. The van der Waals surface area contributed by atoms with E-state index in [1.54, 1.807) is 36.5 Å². The number of rotatable bonds is 15. The predicted octanol–water partition coefficient (Wildman–Crippen LogP) is 10.3. The van der Waals surface area contributed by atoms with Crippen LogP contribution in [0.2, 0.25) is 0 Å². The second kappa shape index (κ2) is 20.5. The molecule has 4 heterocycles. The van der Waals surface area contributed by atoms with Gasteiger partial charge in [0.05, 0.1) is 27.2 Å². The van der Waals surface area contributed by atoms with Gasteiger partial charge in [-0.25, -0.2) is 22.5 Å². The molecule has 4 aromatic carbocycles. The highest BCUT2D eigenvalue weighted by atomic mass is 32.2. The van der Waals surface area contributed by atoms with Crippen LogP contribution in [0.5, 0.6) is 11.5 Å². The quantitative estimate of drug-likeness (QED) is 0.0564. The zero-order valence-electron chi connectivity index (χ0n) is 41.7. The van der Waals surface area contributed by atoms with Gasteiger partial charge >= 0.3 is 0 Å². The number of aromatic amines is 1. The summed E-state index contributed by atoms with van der Waals surface area (Å²) in [5, 5.41) is 26.5. The number of aromatic nitrogens is 2. The number of nitrogens with zero attached hydrogens (tertiary/aromatic N) is 5. The van der Waals surface area contributed by atoms with Gasteiger partial charge in [0.1, 0.15) is 28.7 Å². The first kappa shape index (κ1) is 50.1. The molecular weight excluding hydrogens is 948 g/mol. The van der Waals surface area contributed by atoms with Crippen LogP contribution in [0.3, 0.4) is 0 Å². The van der Waals surface area contributed by atoms with Crippen molar-refractivity contribution >= 4 is 44.0 Å². The van der Waals surface area contributed by atoms with Gasteiger partial charge in [-0.05, 0) is 141 Å². The average Bonchev–Trinajstić information content (AvgIpc) is 3.83. The molecule has 73 heavy (non-hydrogen) atoms. The topological polar surface area (TPSA) is 186 Å². The normalized spacial score (nSPS) is 21.8. The molecule has 1 atom stereocenters. The maximum Gasteiger partial charge on any atom is 0.293 e. The number of nitro benzene ring substituents is 1. The molecule has 2 saturated carbocycles. The number of piperazine rings is 1. The van der Waals surface area contributed by atoms with E-state index < -0.39 is 37.0 Å². The van der Waals surface area contributed by atoms with Crippen LogP contribution in [-0.4, -0.2) is 95.0 Å². The Labute approximate surface area is 426 Å². The van der Waals surface area contributed by atoms with E-state index >= 15 is 0 Å². The third-order valence-electron chi connectivity index (χ3n) is 16.1. The van der Waals surface area contributed by atoms with Crippen molar-refractivity contribution in [1.29, 1.82) is 0 Å². The fourth-order valence-corrected chi connectivity index (χ4v) is 12.8. The van der Waals surface area contributed by atoms with Crippen molar-refractivity contribution in [2.45, 2.75) is 107 Å². The van der Waals surface area contributed by atoms with Gasteiger partial charge in [-0.3, -0.25) is 24.7 Å². The summed E-state index contributed by atoms with van der Waals surface area (Å²) >= 11 is 0. The number of carbonyl (C=O) groups is 1. The summed E-state index contributed by atoms with van der Waals surface area (Å²) in [7, 11) is -4.60. The first-order valence-electron chi connectivity index (χ1n) is 25.6. The Bertz CT molecular complexity index is 3100. The van der Waals surface area contributed by atoms with E-state index in [1.807, 2.05) is 25.1 Å². The molecule has 384 valence electrons. The lowest BCUT2D eigenvalue weighted by Gasteiger charge is -2.58. The van der Waals surface area contributed by atoms with Crippen LogP contribution in [0, 0.1) is 27.3 Å². The number of halogens is 1. The van der Waals surface area contributed by atoms with Gasteiger partial charge in [0.15, 0.2) is 0 Å². The van der Waals surface area contributed by atoms with Gasteiger partial charge in [-0.15, -0.1) is 0 Å². The number of aliphatic hydroxyl groups is 1. The van der Waals surface area contributed by atoms with Gasteiger partial charge < -0.3 is 25.0 Å². The molecular formula is C56H65FN8O7S. The van der Waals surface area contributed by atoms with Crippen LogP contribution in [0.15, 0.2) is 114 Å². The number of hydrogen-bond donors (Lipinski definition) is 4. The minimum Gasteiger partial charge on any atom is -0.455 e. The molecule has 2 aliphatic carbocycles. The Morgan fingerprint density at radius 2 is 1.74 bits per heavy atom. The molecule has 4 fully saturated rings. The summed E-state index contributed by atoms with van der Waals surface area (Å²) in [6.07, 6.45) is 10.3. The third kappa shape index (κ3) is 11.1. The largest absolute Gasteiger partial charge is 0.455 e. The van der Waals surface area contributed by atoms with Gasteiger partial charge in [0, 0.05) is 87.3 Å². The van der Waals surface area contributed by atoms with Crippen molar-refractivity contribution in [3.8, 4) is 11.5 Å². The third-order valence-corrected chi connectivity index (χ3v) is 17.4. The first-order chi connectivity index (χ1) is 35.0. The lowest BCUT2D eigenvalue weighted by atomic mass is 9.59. The van der Waals surface area contributed by atoms with Crippen molar-refractivity contribution in [1.82, 2.24) is 24.5 Å². The van der Waals surface area contributed by atoms with Crippen LogP contribution in [0.25, 0.3) is 11.0 Å². The number of nitro groups is 1. The Morgan fingerprint density at radius 3 is 2.49 bits per heavy atom. The van der Waals surface area contributed by atoms with Gasteiger partial charge in [-0.2, -0.15) is 0 Å². The Balaban J connectivity index is 0.833. The predicted molar refractivity (Wildman–Crippen MR) is 280 cm³/mol. The fraction of sp³-hybridized carbons (Fsp3) is 0.429. The number of pyridine rings is 1. The Hall–Kier alpha value is -6.40. The number of sulfonamides is 1. The van der Waals surface area contributed by atoms with Gasteiger partial charge in [0.25, 0.3) is 21.6 Å². The lowest BCUT2D eigenvalue weighted by molar-refractivity contribution is -0.384. The summed E-state index contributed by atoms with van der Waals surface area (Å²) in [5.41, 5.74) is 4.39. The number of amides is 1. The molecule has 17 heteroatoms. The Morgan fingerprint density at radius 1 is 0.959 bits per heavy atom. The maximum atomic E-state index is 14.2. The first-order valence-corrected chi connectivity index (χ1v) is 27.1. The molecule has 0 radical (unpaired) electrons. The number of ether oxygens (including phenoxy) is 1. The zero-order valence-corrected chi connectivity index (χ0v) is 42.5. The number of H-pyrrole nitrogens is 1. The molecule has 2 aliphatic heterocycles. The fourth-order valence-electron chi connectivity index (χ4n) is 11.8. The second-order valence-corrected chi connectivity index (χ2v) is 23.2. The van der Waals surface area contributed by atoms with Crippen LogP contribution < -0.4 is 19.7 Å². The van der Waals surface area contributed by atoms with Crippen molar-refractivity contribution < 1.29 is 32.4 Å². The number of fused-ring (bicyclic) bond motifs is 1. The van der Waals surface area contributed by atoms with Crippen molar-refractivity contribution in [3.05, 3.63) is 148 Å². The molecule has 6 aromatic rings. The van der Waals surface area contributed by atoms with E-state index in [9.17, 15) is 32.8 Å². The van der Waals surface area contributed by atoms with Gasteiger partial charge in [0.2, 0.25) is 0 Å². The molecule has 1 spiro atoms. The summed E-state index contributed by atoms with van der Waals surface area (Å²) in [6.45, 7) is 11.8. The molecule has 0 bridgehead atoms. The smallest absolute Gasteiger partial charge is 0.293 e. The number of carbonyl (C=O) groups excluding carboxylic acids is 1. The van der Waals surface area contributed by atoms with E-state index in [0.29, 0.717) is 49.3 Å². The monoisotopic (exact) mass is 1010 g/mol. The van der Waals surface area contributed by atoms with E-state index in [4.69, 9.17) is 4.74 Å². The van der Waals surface area contributed by atoms with E-state index in [-0.39, 0.29) is 40.2 Å². The SMILES string of the molecule is CC(C)c1ccccc1C1CN(Cc2cccc(F)c2)CCN1C1CC2(CCN(c3ccc(C(=O)NS(=O)(=O)c4ccc(NC[C@H]5CC[C@](C)(O)CC5)c([N+](=O)[O-])c4)c(Oc4cnc5[nH]ccc5c4)c3)CC2)C1. The van der Waals surface area contributed by atoms with Crippen LogP contribution in [0.4, 0.5) is 21.5 Å². The average molecular weight is 1010 g/mol. The number of hydrogen-bond acceptors (Lipinski definition) is 12. The highest BCUT2D eigenvalue weighted by Crippen LogP contribution is 2.53. The number of benzene rings is 4. The van der Waals surface area contributed by atoms with E-state index in [0.717, 1.165) is 94.0 Å². The summed E-state index contributed by atoms with van der Waals surface area (Å²) in [5.74, 6) is -0.115. The molecule has 2 saturated heterocycles. The molecule has 4 aliphatic rings. The summed E-state index contributed by atoms with van der Waals surface area (Å²) in [6, 6.07) is 28.8. The standard InChI is InChI=1S/C56H65FN8O7S/c1-37(2)46-9-4-5-10-47(46)51-36-62(35-39-7-6-8-41(57)27-39)25-26-64(51)43-31-56(32-43)20-23-63(24-21-56)42-11-13-48(52(29-42)72-44-28-40-17-22-58-53(40)60-34-44)54(66)61-73(70,71)45-12-14-49(50(30-45)65(68)69)59-33-38-15-18-55(3,67)19-16-38/h4-14,17,22,27-30,34,37-38,43,51,59,67H,15-16,18-21,23-26,31-33,35-36H2,1-3H3,(H,58,60)(H,61,66)/t38-,51?,55-. The lowest BCUT2D eigenvalue weighted by Crippen LogP contribution is -2.60. The molecule has 15 nitrogen and oxygen atoms in total. The zero-order chi connectivity index (χ0) is 51.1. The second-order valence-electron chi connectivity index (χ2n) is 21.5. The summed E-state index contributed by atoms with van der Waals surface area (Å²) in [4.78, 5) is 40.3. The van der Waals surface area contributed by atoms with E-state index in [1.165, 1.54) is 35.5 Å². The minimum atomic E-state index is -4.60. The minimum absolute atomic E-state index is 0.0410. The van der Waals surface area contributed by atoms with Crippen LogP contribution in [-0.2, 0) is 16.6 Å². The highest BCUT2D eigenvalue weighted by Gasteiger charge is 2.50. The van der Waals surface area contributed by atoms with Crippen LogP contribution in [0.1, 0.15) is 111 Å². The van der Waals surface area contributed by atoms with Gasteiger partial charge in [-0.1, -0.05) is 50.2 Å². The van der Waals surface area contributed by atoms with Crippen LogP contribution >= 0.6 is 0 Å². The Kier molecular flexibility index (Phi) is 14.1. The number of anilines is 2.